The number of nitrogens with zero attached hydrogens (tertiary/aromatic N) is 1. The third-order valence-electron chi connectivity index (χ3n) is 4.11. The van der Waals surface area contributed by atoms with Crippen molar-refractivity contribution in [2.75, 3.05) is 7.11 Å². The van der Waals surface area contributed by atoms with E-state index < -0.39 is 5.82 Å². The largest absolute Gasteiger partial charge is 0.508 e. The van der Waals surface area contributed by atoms with E-state index in [4.69, 9.17) is 22.1 Å². The van der Waals surface area contributed by atoms with Crippen LogP contribution < -0.4 is 10.5 Å². The molecular formula is C20H16ClFN2O3. The van der Waals surface area contributed by atoms with Crippen LogP contribution in [0.2, 0.25) is 5.02 Å². The van der Waals surface area contributed by atoms with Crippen molar-refractivity contribution < 1.29 is 19.4 Å². The predicted molar refractivity (Wildman–Crippen MR) is 103 cm³/mol. The molecule has 0 saturated carbocycles. The maximum atomic E-state index is 14.3. The van der Waals surface area contributed by atoms with Crippen LogP contribution in [0, 0.1) is 5.82 Å². The van der Waals surface area contributed by atoms with Gasteiger partial charge < -0.3 is 20.8 Å². The lowest BCUT2D eigenvalue weighted by Gasteiger charge is -2.18. The molecule has 0 unspecified atom stereocenters. The Morgan fingerprint density at radius 3 is 2.44 bits per heavy atom. The molecule has 0 amide bonds. The van der Waals surface area contributed by atoms with E-state index in [9.17, 15) is 14.7 Å². The van der Waals surface area contributed by atoms with E-state index in [0.717, 1.165) is 0 Å². The number of halogens is 2. The van der Waals surface area contributed by atoms with Crippen LogP contribution in [0.4, 0.5) is 4.39 Å². The van der Waals surface area contributed by atoms with Crippen molar-refractivity contribution in [2.45, 2.75) is 0 Å². The molecule has 27 heavy (non-hydrogen) atoms. The predicted octanol–water partition coefficient (Wildman–Crippen LogP) is 4.62. The van der Waals surface area contributed by atoms with Crippen LogP contribution in [0.1, 0.15) is 5.56 Å². The fourth-order valence-electron chi connectivity index (χ4n) is 2.93. The lowest BCUT2D eigenvalue weighted by Crippen LogP contribution is -2.15. The van der Waals surface area contributed by atoms with Crippen LogP contribution in [0.25, 0.3) is 22.3 Å². The zero-order valence-corrected chi connectivity index (χ0v) is 15.0. The van der Waals surface area contributed by atoms with Crippen molar-refractivity contribution in [3.63, 3.8) is 0 Å². The second kappa shape index (κ2) is 7.55. The molecule has 3 aromatic carbocycles. The number of oxime groups is 1. The van der Waals surface area contributed by atoms with Gasteiger partial charge in [-0.15, -0.1) is 0 Å². The maximum Gasteiger partial charge on any atom is 0.170 e. The average molecular weight is 387 g/mol. The number of rotatable bonds is 4. The first-order chi connectivity index (χ1) is 13.0. The van der Waals surface area contributed by atoms with E-state index >= 15 is 0 Å². The highest BCUT2D eigenvalue weighted by Gasteiger charge is 2.21. The summed E-state index contributed by atoms with van der Waals surface area (Å²) in [4.78, 5) is 0. The highest BCUT2D eigenvalue weighted by atomic mass is 35.5. The van der Waals surface area contributed by atoms with Gasteiger partial charge in [-0.05, 0) is 41.5 Å². The Bertz CT molecular complexity index is 1020. The highest BCUT2D eigenvalue weighted by molar-refractivity contribution is 6.32. The summed E-state index contributed by atoms with van der Waals surface area (Å²) >= 11 is 6.25. The molecular weight excluding hydrogens is 371 g/mol. The number of nitrogens with two attached hydrogens (primary N) is 1. The molecule has 3 rings (SSSR count). The zero-order chi connectivity index (χ0) is 19.6. The van der Waals surface area contributed by atoms with E-state index in [1.54, 1.807) is 30.3 Å². The van der Waals surface area contributed by atoms with Gasteiger partial charge >= 0.3 is 0 Å². The minimum Gasteiger partial charge on any atom is -0.508 e. The molecule has 0 aliphatic heterocycles. The lowest BCUT2D eigenvalue weighted by atomic mass is 9.89. The summed E-state index contributed by atoms with van der Waals surface area (Å²) in [7, 11) is 1.47. The van der Waals surface area contributed by atoms with E-state index in [1.165, 1.54) is 31.4 Å². The number of benzene rings is 3. The maximum absolute atomic E-state index is 14.3. The van der Waals surface area contributed by atoms with Gasteiger partial charge in [0.25, 0.3) is 0 Å². The van der Waals surface area contributed by atoms with Crippen LogP contribution >= 0.6 is 11.6 Å². The van der Waals surface area contributed by atoms with Gasteiger partial charge in [0.15, 0.2) is 5.84 Å². The van der Waals surface area contributed by atoms with Crippen molar-refractivity contribution in [1.29, 1.82) is 0 Å². The van der Waals surface area contributed by atoms with Crippen molar-refractivity contribution in [3.05, 3.63) is 71.0 Å². The first-order valence-electron chi connectivity index (χ1n) is 7.90. The molecule has 3 aromatic rings. The number of hydrogen-bond donors (Lipinski definition) is 3. The second-order valence-corrected chi connectivity index (χ2v) is 6.14. The summed E-state index contributed by atoms with van der Waals surface area (Å²) < 4.78 is 19.8. The number of aromatic hydroxyl groups is 1. The molecule has 0 fully saturated rings. The minimum atomic E-state index is -0.565. The fourth-order valence-corrected chi connectivity index (χ4v) is 3.19. The van der Waals surface area contributed by atoms with Crippen LogP contribution in [-0.4, -0.2) is 23.3 Å². The Balaban J connectivity index is 2.43. The first-order valence-corrected chi connectivity index (χ1v) is 8.27. The van der Waals surface area contributed by atoms with Gasteiger partial charge in [-0.1, -0.05) is 41.0 Å². The SMILES string of the molecule is COc1c(Cl)cccc1-c1c(C(N)=NO)cc(F)cc1-c1ccc(O)cc1. The summed E-state index contributed by atoms with van der Waals surface area (Å²) in [5.74, 6) is -0.373. The number of hydrogen-bond acceptors (Lipinski definition) is 4. The molecule has 0 atom stereocenters. The normalized spacial score (nSPS) is 11.4. The lowest BCUT2D eigenvalue weighted by molar-refractivity contribution is 0.318. The quantitative estimate of drug-likeness (QED) is 0.264. The summed E-state index contributed by atoms with van der Waals surface area (Å²) in [6, 6.07) is 13.9. The third-order valence-corrected chi connectivity index (χ3v) is 4.40. The van der Waals surface area contributed by atoms with Gasteiger partial charge in [-0.2, -0.15) is 0 Å². The number of para-hydroxylation sites is 1. The van der Waals surface area contributed by atoms with Crippen LogP contribution in [0.15, 0.2) is 59.8 Å². The molecule has 0 heterocycles. The minimum absolute atomic E-state index is 0.0775. The van der Waals surface area contributed by atoms with Crippen LogP contribution in [0.5, 0.6) is 11.5 Å². The first kappa shape index (κ1) is 18.5. The molecule has 0 aliphatic rings. The number of methoxy groups -OCH3 is 1. The number of amidine groups is 1. The summed E-state index contributed by atoms with van der Waals surface area (Å²) in [5.41, 5.74) is 8.13. The summed E-state index contributed by atoms with van der Waals surface area (Å²) in [6.07, 6.45) is 0. The van der Waals surface area contributed by atoms with Crippen LogP contribution in [-0.2, 0) is 0 Å². The Morgan fingerprint density at radius 2 is 1.81 bits per heavy atom. The standard InChI is InChI=1S/C20H16ClFN2O3/c1-27-19-14(3-2-4-17(19)21)18-15(11-5-7-13(25)8-6-11)9-12(22)10-16(18)20(23)24-26/h2-10,25-26H,1H3,(H2,23,24). The van der Waals surface area contributed by atoms with Crippen molar-refractivity contribution in [1.82, 2.24) is 0 Å². The van der Waals surface area contributed by atoms with Gasteiger partial charge in [-0.3, -0.25) is 0 Å². The summed E-state index contributed by atoms with van der Waals surface area (Å²) in [6.45, 7) is 0. The van der Waals surface area contributed by atoms with Crippen molar-refractivity contribution in [2.24, 2.45) is 10.9 Å². The topological polar surface area (TPSA) is 88.1 Å². The van der Waals surface area contributed by atoms with E-state index in [1.807, 2.05) is 0 Å². The molecule has 4 N–H and O–H groups in total. The Labute approximate surface area is 160 Å². The molecule has 0 bridgehead atoms. The molecule has 138 valence electrons. The smallest absolute Gasteiger partial charge is 0.170 e. The monoisotopic (exact) mass is 386 g/mol. The Morgan fingerprint density at radius 1 is 1.11 bits per heavy atom. The third kappa shape index (κ3) is 3.52. The van der Waals surface area contributed by atoms with E-state index in [0.29, 0.717) is 33.0 Å². The molecule has 0 radical (unpaired) electrons. The van der Waals surface area contributed by atoms with Crippen molar-refractivity contribution >= 4 is 17.4 Å². The summed E-state index contributed by atoms with van der Waals surface area (Å²) in [5, 5.41) is 22.1. The molecule has 5 nitrogen and oxygen atoms in total. The fraction of sp³-hybridized carbons (Fsp3) is 0.0500. The molecule has 0 saturated heterocycles. The number of phenolic OH excluding ortho intramolecular Hbond substituents is 1. The van der Waals surface area contributed by atoms with Crippen LogP contribution in [0.3, 0.4) is 0 Å². The Hall–Kier alpha value is -3.25. The van der Waals surface area contributed by atoms with Gasteiger partial charge in [0.05, 0.1) is 12.1 Å². The van der Waals surface area contributed by atoms with Gasteiger partial charge in [0, 0.05) is 16.7 Å². The number of ether oxygens (including phenoxy) is 1. The molecule has 0 aromatic heterocycles. The van der Waals surface area contributed by atoms with Gasteiger partial charge in [-0.25, -0.2) is 4.39 Å². The average Bonchev–Trinajstić information content (AvgIpc) is 2.67. The Kier molecular flexibility index (Phi) is 5.19. The van der Waals surface area contributed by atoms with E-state index in [-0.39, 0.29) is 17.1 Å². The molecule has 0 spiro atoms. The van der Waals surface area contributed by atoms with Crippen molar-refractivity contribution in [3.8, 4) is 33.8 Å². The molecule has 7 heteroatoms. The highest BCUT2D eigenvalue weighted by Crippen LogP contribution is 2.43. The van der Waals surface area contributed by atoms with Gasteiger partial charge in [0.2, 0.25) is 0 Å². The molecule has 0 aliphatic carbocycles. The van der Waals surface area contributed by atoms with Gasteiger partial charge in [0.1, 0.15) is 17.3 Å². The second-order valence-electron chi connectivity index (χ2n) is 5.73. The van der Waals surface area contributed by atoms with E-state index in [2.05, 4.69) is 5.16 Å². The number of phenols is 1. The zero-order valence-electron chi connectivity index (χ0n) is 14.3.